The first kappa shape index (κ1) is 14.4. The van der Waals surface area contributed by atoms with Gasteiger partial charge in [-0.3, -0.25) is 9.78 Å². The first-order valence-electron chi connectivity index (χ1n) is 8.23. The van der Waals surface area contributed by atoms with E-state index in [-0.39, 0.29) is 5.91 Å². The summed E-state index contributed by atoms with van der Waals surface area (Å²) in [6.07, 6.45) is 2.67. The third kappa shape index (κ3) is 2.36. The van der Waals surface area contributed by atoms with Crippen molar-refractivity contribution in [2.75, 3.05) is 6.54 Å². The predicted molar refractivity (Wildman–Crippen MR) is 101 cm³/mol. The minimum absolute atomic E-state index is 0.00172. The molecule has 0 bridgehead atoms. The van der Waals surface area contributed by atoms with E-state index in [1.807, 2.05) is 18.3 Å². The van der Waals surface area contributed by atoms with Crippen LogP contribution in [0.1, 0.15) is 16.1 Å². The number of amides is 1. The van der Waals surface area contributed by atoms with Crippen molar-refractivity contribution in [2.24, 2.45) is 0 Å². The molecule has 0 fully saturated rings. The quantitative estimate of drug-likeness (QED) is 0.571. The molecule has 3 aromatic heterocycles. The number of carbonyl (C=O) groups is 1. The first-order chi connectivity index (χ1) is 12.3. The number of thiophene rings is 1. The fraction of sp³-hybridized carbons (Fsp3) is 0.100. The number of rotatable bonds is 2. The highest BCUT2D eigenvalue weighted by atomic mass is 32.1. The molecular formula is C20H15N3OS. The molecule has 1 aliphatic heterocycles. The molecule has 4 heterocycles. The Morgan fingerprint density at radius 2 is 2.00 bits per heavy atom. The number of carbonyl (C=O) groups excluding carboxylic acids is 1. The van der Waals surface area contributed by atoms with Gasteiger partial charge in [0.15, 0.2) is 0 Å². The van der Waals surface area contributed by atoms with Gasteiger partial charge in [0.05, 0.1) is 11.3 Å². The van der Waals surface area contributed by atoms with Crippen LogP contribution in [-0.4, -0.2) is 22.4 Å². The van der Waals surface area contributed by atoms with Gasteiger partial charge >= 0.3 is 0 Å². The van der Waals surface area contributed by atoms with Gasteiger partial charge in [-0.2, -0.15) is 0 Å². The van der Waals surface area contributed by atoms with Gasteiger partial charge in [0.25, 0.3) is 5.91 Å². The van der Waals surface area contributed by atoms with E-state index in [0.717, 1.165) is 40.2 Å². The van der Waals surface area contributed by atoms with Gasteiger partial charge < -0.3 is 10.3 Å². The van der Waals surface area contributed by atoms with E-state index in [1.54, 1.807) is 11.3 Å². The van der Waals surface area contributed by atoms with Crippen LogP contribution in [0.25, 0.3) is 32.6 Å². The zero-order chi connectivity index (χ0) is 16.8. The fourth-order valence-corrected chi connectivity index (χ4v) is 4.33. The molecule has 0 saturated carbocycles. The molecule has 5 rings (SSSR count). The van der Waals surface area contributed by atoms with E-state index >= 15 is 0 Å². The van der Waals surface area contributed by atoms with Crippen molar-refractivity contribution >= 4 is 27.3 Å². The van der Waals surface area contributed by atoms with E-state index in [2.05, 4.69) is 51.0 Å². The molecule has 1 aromatic carbocycles. The second kappa shape index (κ2) is 5.57. The highest BCUT2D eigenvalue weighted by molar-refractivity contribution is 7.17. The number of aromatic nitrogens is 2. The lowest BCUT2D eigenvalue weighted by molar-refractivity contribution is 0.0946. The second-order valence-electron chi connectivity index (χ2n) is 6.16. The van der Waals surface area contributed by atoms with Crippen molar-refractivity contribution in [3.05, 3.63) is 65.3 Å². The van der Waals surface area contributed by atoms with Crippen LogP contribution in [0.5, 0.6) is 0 Å². The number of hydrogen-bond acceptors (Lipinski definition) is 3. The van der Waals surface area contributed by atoms with Crippen molar-refractivity contribution in [2.45, 2.75) is 6.42 Å². The summed E-state index contributed by atoms with van der Waals surface area (Å²) in [5.41, 5.74) is 5.87. The maximum atomic E-state index is 12.0. The highest BCUT2D eigenvalue weighted by Crippen LogP contribution is 2.34. The van der Waals surface area contributed by atoms with Crippen molar-refractivity contribution in [3.8, 4) is 22.5 Å². The van der Waals surface area contributed by atoms with Gasteiger partial charge in [0.1, 0.15) is 0 Å². The highest BCUT2D eigenvalue weighted by Gasteiger charge is 2.20. The summed E-state index contributed by atoms with van der Waals surface area (Å²) in [6.45, 7) is 0.689. The van der Waals surface area contributed by atoms with E-state index in [0.29, 0.717) is 6.54 Å². The zero-order valence-corrected chi connectivity index (χ0v) is 14.2. The van der Waals surface area contributed by atoms with Crippen LogP contribution >= 0.6 is 11.3 Å². The lowest BCUT2D eigenvalue weighted by Crippen LogP contribution is -2.31. The van der Waals surface area contributed by atoms with Crippen LogP contribution in [0.3, 0.4) is 0 Å². The molecule has 1 amide bonds. The Morgan fingerprint density at radius 1 is 1.08 bits per heavy atom. The molecular weight excluding hydrogens is 330 g/mol. The van der Waals surface area contributed by atoms with E-state index in [9.17, 15) is 4.79 Å². The molecule has 0 aliphatic carbocycles. The number of aromatic amines is 1. The van der Waals surface area contributed by atoms with Crippen LogP contribution in [0, 0.1) is 0 Å². The van der Waals surface area contributed by atoms with Crippen molar-refractivity contribution in [1.29, 1.82) is 0 Å². The Morgan fingerprint density at radius 3 is 2.92 bits per heavy atom. The SMILES string of the molecule is O=C1NCCc2[nH]c(-c3ccnc(-c4csc5ccccc45)c3)cc21. The molecule has 4 aromatic rings. The van der Waals surface area contributed by atoms with Crippen molar-refractivity contribution < 1.29 is 4.79 Å². The number of hydrogen-bond donors (Lipinski definition) is 2. The lowest BCUT2D eigenvalue weighted by Gasteiger charge is -2.10. The van der Waals surface area contributed by atoms with Gasteiger partial charge in [0, 0.05) is 57.1 Å². The molecule has 0 radical (unpaired) electrons. The third-order valence-electron chi connectivity index (χ3n) is 4.63. The third-order valence-corrected chi connectivity index (χ3v) is 5.60. The molecule has 4 nitrogen and oxygen atoms in total. The fourth-order valence-electron chi connectivity index (χ4n) is 3.37. The Balaban J connectivity index is 1.61. The topological polar surface area (TPSA) is 57.8 Å². The number of H-pyrrole nitrogens is 1. The minimum atomic E-state index is 0.00172. The van der Waals surface area contributed by atoms with E-state index in [1.165, 1.54) is 10.1 Å². The van der Waals surface area contributed by atoms with Crippen LogP contribution < -0.4 is 5.32 Å². The van der Waals surface area contributed by atoms with Gasteiger partial charge in [-0.15, -0.1) is 11.3 Å². The summed E-state index contributed by atoms with van der Waals surface area (Å²) in [7, 11) is 0. The number of benzene rings is 1. The van der Waals surface area contributed by atoms with E-state index < -0.39 is 0 Å². The number of fused-ring (bicyclic) bond motifs is 2. The predicted octanol–water partition coefficient (Wildman–Crippen LogP) is 4.24. The summed E-state index contributed by atoms with van der Waals surface area (Å²) in [5.74, 6) is 0.00172. The number of nitrogens with one attached hydrogen (secondary N) is 2. The molecule has 122 valence electrons. The van der Waals surface area contributed by atoms with Crippen molar-refractivity contribution in [1.82, 2.24) is 15.3 Å². The normalized spacial score (nSPS) is 13.7. The summed E-state index contributed by atoms with van der Waals surface area (Å²) in [5, 5.41) is 6.27. The average Bonchev–Trinajstić information content (AvgIpc) is 3.27. The van der Waals surface area contributed by atoms with Crippen LogP contribution in [-0.2, 0) is 6.42 Å². The molecule has 0 spiro atoms. The molecule has 0 saturated heterocycles. The Hall–Kier alpha value is -2.92. The van der Waals surface area contributed by atoms with Gasteiger partial charge in [0.2, 0.25) is 0 Å². The van der Waals surface area contributed by atoms with Crippen LogP contribution in [0.15, 0.2) is 54.0 Å². The lowest BCUT2D eigenvalue weighted by atomic mass is 10.1. The van der Waals surface area contributed by atoms with Crippen molar-refractivity contribution in [3.63, 3.8) is 0 Å². The molecule has 5 heteroatoms. The Labute approximate surface area is 148 Å². The second-order valence-corrected chi connectivity index (χ2v) is 7.07. The Kier molecular flexibility index (Phi) is 3.21. The standard InChI is InChI=1S/C20H15N3OS/c24-20-14-10-17(23-16(14)6-8-22-20)12-5-7-21-18(9-12)15-11-25-19-4-2-1-3-13(15)19/h1-5,7,9-11,23H,6,8H2,(H,22,24). The Bertz CT molecular complexity index is 1110. The van der Waals surface area contributed by atoms with Gasteiger partial charge in [-0.25, -0.2) is 0 Å². The molecule has 0 unspecified atom stereocenters. The molecule has 1 aliphatic rings. The minimum Gasteiger partial charge on any atom is -0.358 e. The maximum absolute atomic E-state index is 12.0. The smallest absolute Gasteiger partial charge is 0.253 e. The summed E-state index contributed by atoms with van der Waals surface area (Å²) in [6, 6.07) is 14.4. The maximum Gasteiger partial charge on any atom is 0.253 e. The van der Waals surface area contributed by atoms with E-state index in [4.69, 9.17) is 0 Å². The van der Waals surface area contributed by atoms with Gasteiger partial charge in [-0.1, -0.05) is 18.2 Å². The van der Waals surface area contributed by atoms with Crippen LogP contribution in [0.2, 0.25) is 0 Å². The monoisotopic (exact) mass is 345 g/mol. The zero-order valence-electron chi connectivity index (χ0n) is 13.4. The number of nitrogens with zero attached hydrogens (tertiary/aromatic N) is 1. The summed E-state index contributed by atoms with van der Waals surface area (Å²) < 4.78 is 1.26. The molecule has 2 N–H and O–H groups in total. The molecule has 25 heavy (non-hydrogen) atoms. The summed E-state index contributed by atoms with van der Waals surface area (Å²) in [4.78, 5) is 20.0. The van der Waals surface area contributed by atoms with Gasteiger partial charge in [-0.05, 0) is 24.3 Å². The number of pyridine rings is 1. The largest absolute Gasteiger partial charge is 0.358 e. The summed E-state index contributed by atoms with van der Waals surface area (Å²) >= 11 is 1.73. The first-order valence-corrected chi connectivity index (χ1v) is 9.11. The molecule has 0 atom stereocenters. The van der Waals surface area contributed by atoms with Crippen LogP contribution in [0.4, 0.5) is 0 Å². The average molecular weight is 345 g/mol.